The van der Waals surface area contributed by atoms with Gasteiger partial charge in [-0.2, -0.15) is 0 Å². The molecule has 0 saturated heterocycles. The Morgan fingerprint density at radius 2 is 2.50 bits per heavy atom. The molecule has 0 fully saturated rings. The molecule has 0 aliphatic carbocycles. The minimum absolute atomic E-state index is 0.122. The zero-order valence-electron chi connectivity index (χ0n) is 4.33. The summed E-state index contributed by atoms with van der Waals surface area (Å²) < 4.78 is 0. The molecule has 0 spiro atoms. The zero-order valence-corrected chi connectivity index (χ0v) is 5.97. The molecule has 2 nitrogen and oxygen atoms in total. The molecule has 0 saturated carbocycles. The van der Waals surface area contributed by atoms with E-state index in [9.17, 15) is 0 Å². The topological polar surface area (TPSA) is 52.0 Å². The summed E-state index contributed by atoms with van der Waals surface area (Å²) in [6.07, 6.45) is 1.87. The molecule has 0 amide bonds. The van der Waals surface area contributed by atoms with Crippen LogP contribution < -0.4 is 11.5 Å². The van der Waals surface area contributed by atoms with Crippen molar-refractivity contribution in [3.05, 3.63) is 11.1 Å². The zero-order chi connectivity index (χ0) is 5.98. The Kier molecular flexibility index (Phi) is 2.10. The van der Waals surface area contributed by atoms with Gasteiger partial charge in [-0.3, -0.25) is 0 Å². The predicted molar refractivity (Wildman–Crippen MR) is 40.3 cm³/mol. The van der Waals surface area contributed by atoms with Crippen molar-refractivity contribution in [1.82, 2.24) is 0 Å². The van der Waals surface area contributed by atoms with Crippen molar-refractivity contribution >= 4 is 23.5 Å². The predicted octanol–water partition coefficient (Wildman–Crippen LogP) is 0.509. The smallest absolute Gasteiger partial charge is 0.0730 e. The highest BCUT2D eigenvalue weighted by Gasteiger charge is 2.06. The van der Waals surface area contributed by atoms with Crippen molar-refractivity contribution < 1.29 is 0 Å². The Morgan fingerprint density at radius 3 is 2.88 bits per heavy atom. The normalized spacial score (nSPS) is 29.6. The van der Waals surface area contributed by atoms with E-state index in [0.717, 1.165) is 10.1 Å². The second-order valence-electron chi connectivity index (χ2n) is 1.46. The Hall–Kier alpha value is 0.200. The number of hydrogen-bond acceptors (Lipinski definition) is 4. The van der Waals surface area contributed by atoms with Crippen LogP contribution in [-0.4, -0.2) is 10.5 Å². The fourth-order valence-corrected chi connectivity index (χ4v) is 2.46. The van der Waals surface area contributed by atoms with Crippen molar-refractivity contribution in [3.63, 3.8) is 0 Å². The summed E-state index contributed by atoms with van der Waals surface area (Å²) in [6.45, 7) is 0. The third-order valence-corrected chi connectivity index (χ3v) is 2.82. The molecule has 1 heterocycles. The van der Waals surface area contributed by atoms with Gasteiger partial charge in [0.05, 0.1) is 10.4 Å². The Balaban J connectivity index is 2.50. The highest BCUT2D eigenvalue weighted by atomic mass is 32.2. The lowest BCUT2D eigenvalue weighted by Gasteiger charge is -2.12. The maximum Gasteiger partial charge on any atom is 0.0730 e. The van der Waals surface area contributed by atoms with Crippen molar-refractivity contribution in [2.75, 3.05) is 5.08 Å². The first-order valence-electron chi connectivity index (χ1n) is 2.26. The molecule has 8 heavy (non-hydrogen) atoms. The number of hydrogen-bond donors (Lipinski definition) is 2. The second kappa shape index (κ2) is 2.66. The largest absolute Gasteiger partial charge is 0.394 e. The molecule has 0 bridgehead atoms. The number of nitrogens with two attached hydrogens (primary N) is 2. The van der Waals surface area contributed by atoms with Gasteiger partial charge in [0.15, 0.2) is 0 Å². The van der Waals surface area contributed by atoms with E-state index >= 15 is 0 Å². The third-order valence-electron chi connectivity index (χ3n) is 0.815. The first-order valence-corrected chi connectivity index (χ1v) is 4.30. The Labute approximate surface area is 57.1 Å². The van der Waals surface area contributed by atoms with E-state index in [0.29, 0.717) is 0 Å². The molecule has 4 N–H and O–H groups in total. The average molecular weight is 148 g/mol. The molecular weight excluding hydrogens is 140 g/mol. The van der Waals surface area contributed by atoms with Crippen LogP contribution in [0.3, 0.4) is 0 Å². The Morgan fingerprint density at radius 1 is 1.75 bits per heavy atom. The van der Waals surface area contributed by atoms with Gasteiger partial charge in [0.1, 0.15) is 0 Å². The quantitative estimate of drug-likeness (QED) is 0.525. The standard InChI is InChI=1S/C4H8N2S2/c5-3-1-4(6)8-2-7-3/h1,3H,2,5-6H2. The minimum atomic E-state index is 0.122. The van der Waals surface area contributed by atoms with Gasteiger partial charge in [-0.15, -0.1) is 11.8 Å². The fourth-order valence-electron chi connectivity index (χ4n) is 0.439. The van der Waals surface area contributed by atoms with Gasteiger partial charge in [-0.25, -0.2) is 0 Å². The van der Waals surface area contributed by atoms with Gasteiger partial charge in [0.25, 0.3) is 0 Å². The molecule has 0 aromatic rings. The molecule has 1 unspecified atom stereocenters. The first-order chi connectivity index (χ1) is 3.79. The van der Waals surface area contributed by atoms with Crippen LogP contribution in [0.2, 0.25) is 0 Å². The summed E-state index contributed by atoms with van der Waals surface area (Å²) in [5.74, 6) is 0. The number of rotatable bonds is 0. The van der Waals surface area contributed by atoms with E-state index in [1.165, 1.54) is 0 Å². The maximum absolute atomic E-state index is 5.52. The molecular formula is C4H8N2S2. The fraction of sp³-hybridized carbons (Fsp3) is 0.500. The summed E-state index contributed by atoms with van der Waals surface area (Å²) in [7, 11) is 0. The highest BCUT2D eigenvalue weighted by Crippen LogP contribution is 2.25. The number of thioether (sulfide) groups is 2. The molecule has 1 aliphatic rings. The monoisotopic (exact) mass is 148 g/mol. The molecule has 46 valence electrons. The van der Waals surface area contributed by atoms with Gasteiger partial charge < -0.3 is 11.5 Å². The van der Waals surface area contributed by atoms with Crippen LogP contribution in [0.5, 0.6) is 0 Å². The van der Waals surface area contributed by atoms with Crippen LogP contribution >= 0.6 is 23.5 Å². The van der Waals surface area contributed by atoms with E-state index in [2.05, 4.69) is 0 Å². The summed E-state index contributed by atoms with van der Waals surface area (Å²) in [6, 6.07) is 0. The van der Waals surface area contributed by atoms with Crippen LogP contribution in [0.1, 0.15) is 0 Å². The van der Waals surface area contributed by atoms with Crippen molar-refractivity contribution in [2.24, 2.45) is 11.5 Å². The molecule has 1 aliphatic heterocycles. The third kappa shape index (κ3) is 1.61. The van der Waals surface area contributed by atoms with E-state index in [-0.39, 0.29) is 5.37 Å². The van der Waals surface area contributed by atoms with E-state index in [1.807, 2.05) is 6.08 Å². The van der Waals surface area contributed by atoms with Crippen LogP contribution in [0.4, 0.5) is 0 Å². The van der Waals surface area contributed by atoms with Gasteiger partial charge in [-0.05, 0) is 6.08 Å². The first kappa shape index (κ1) is 6.32. The summed E-state index contributed by atoms with van der Waals surface area (Å²) in [5, 5.41) is 1.97. The van der Waals surface area contributed by atoms with Crippen LogP contribution in [0, 0.1) is 0 Å². The van der Waals surface area contributed by atoms with Crippen molar-refractivity contribution in [1.29, 1.82) is 0 Å². The van der Waals surface area contributed by atoms with Gasteiger partial charge in [0, 0.05) is 5.08 Å². The molecule has 4 heteroatoms. The molecule has 1 rings (SSSR count). The lowest BCUT2D eigenvalue weighted by Crippen LogP contribution is -2.17. The second-order valence-corrected chi connectivity index (χ2v) is 4.04. The maximum atomic E-state index is 5.52. The van der Waals surface area contributed by atoms with E-state index in [1.54, 1.807) is 23.5 Å². The van der Waals surface area contributed by atoms with Crippen LogP contribution in [0.25, 0.3) is 0 Å². The van der Waals surface area contributed by atoms with E-state index < -0.39 is 0 Å². The minimum Gasteiger partial charge on any atom is -0.394 e. The lowest BCUT2D eigenvalue weighted by molar-refractivity contribution is 1.15. The SMILES string of the molecule is NC1=CC(N)SCS1. The van der Waals surface area contributed by atoms with Gasteiger partial charge in [-0.1, -0.05) is 11.8 Å². The molecule has 1 atom stereocenters. The van der Waals surface area contributed by atoms with E-state index in [4.69, 9.17) is 11.5 Å². The van der Waals surface area contributed by atoms with Crippen LogP contribution in [-0.2, 0) is 0 Å². The summed E-state index contributed by atoms with van der Waals surface area (Å²) in [5.41, 5.74) is 11.0. The Bertz CT molecular complexity index is 113. The summed E-state index contributed by atoms with van der Waals surface area (Å²) >= 11 is 3.35. The molecule has 0 aromatic heterocycles. The highest BCUT2D eigenvalue weighted by molar-refractivity contribution is 8.18. The van der Waals surface area contributed by atoms with Gasteiger partial charge >= 0.3 is 0 Å². The van der Waals surface area contributed by atoms with Crippen LogP contribution in [0.15, 0.2) is 11.1 Å². The molecule has 0 radical (unpaired) electrons. The van der Waals surface area contributed by atoms with Gasteiger partial charge in [0.2, 0.25) is 0 Å². The summed E-state index contributed by atoms with van der Waals surface area (Å²) in [4.78, 5) is 0. The molecule has 0 aromatic carbocycles. The van der Waals surface area contributed by atoms with Crippen molar-refractivity contribution in [3.8, 4) is 0 Å². The average Bonchev–Trinajstić information content (AvgIpc) is 1.64. The van der Waals surface area contributed by atoms with Crippen molar-refractivity contribution in [2.45, 2.75) is 5.37 Å². The lowest BCUT2D eigenvalue weighted by atomic mass is 10.6.